The van der Waals surface area contributed by atoms with E-state index in [9.17, 15) is 4.79 Å². The second kappa shape index (κ2) is 6.31. The third kappa shape index (κ3) is 2.98. The van der Waals surface area contributed by atoms with Crippen molar-refractivity contribution in [1.82, 2.24) is 5.32 Å². The van der Waals surface area contributed by atoms with Crippen LogP contribution in [0.2, 0.25) is 0 Å². The van der Waals surface area contributed by atoms with Gasteiger partial charge in [0.05, 0.1) is 6.54 Å². The molecular formula is C18H25NO. The molecule has 1 fully saturated rings. The summed E-state index contributed by atoms with van der Waals surface area (Å²) < 4.78 is 0. The summed E-state index contributed by atoms with van der Waals surface area (Å²) in [4.78, 5) is 12.1. The van der Waals surface area contributed by atoms with Gasteiger partial charge in [-0.05, 0) is 56.3 Å². The molecule has 2 heteroatoms. The van der Waals surface area contributed by atoms with Crippen LogP contribution in [0.25, 0.3) is 0 Å². The predicted molar refractivity (Wildman–Crippen MR) is 82.8 cm³/mol. The number of rotatable bonds is 3. The highest BCUT2D eigenvalue weighted by atomic mass is 16.1. The number of hydrogen-bond donors (Lipinski definition) is 1. The van der Waals surface area contributed by atoms with Crippen LogP contribution in [0.1, 0.15) is 39.5 Å². The minimum Gasteiger partial charge on any atom is -0.341 e. The summed E-state index contributed by atoms with van der Waals surface area (Å²) in [6.45, 7) is 8.90. The first-order chi connectivity index (χ1) is 9.54. The van der Waals surface area contributed by atoms with E-state index in [0.717, 1.165) is 12.3 Å². The molecule has 0 aromatic rings. The summed E-state index contributed by atoms with van der Waals surface area (Å²) >= 11 is 0. The minimum absolute atomic E-state index is 0.0714. The molecule has 0 aromatic heterocycles. The van der Waals surface area contributed by atoms with Crippen LogP contribution in [0, 0.1) is 36.0 Å². The zero-order chi connectivity index (χ0) is 14.7. The monoisotopic (exact) mass is 271 g/mol. The topological polar surface area (TPSA) is 29.1 Å². The molecule has 2 nitrogen and oxygen atoms in total. The average Bonchev–Trinajstić information content (AvgIpc) is 2.44. The molecule has 1 N–H and O–H groups in total. The Bertz CT molecular complexity index is 468. The molecule has 1 amide bonds. The smallest absolute Gasteiger partial charge is 0.247 e. The van der Waals surface area contributed by atoms with Crippen LogP contribution in [0.15, 0.2) is 23.8 Å². The van der Waals surface area contributed by atoms with Gasteiger partial charge in [-0.3, -0.25) is 4.79 Å². The van der Waals surface area contributed by atoms with Crippen molar-refractivity contribution in [1.29, 1.82) is 0 Å². The predicted octanol–water partition coefficient (Wildman–Crippen LogP) is 3.31. The zero-order valence-electron chi connectivity index (χ0n) is 12.6. The van der Waals surface area contributed by atoms with Crippen molar-refractivity contribution in [3.8, 4) is 12.3 Å². The van der Waals surface area contributed by atoms with E-state index >= 15 is 0 Å². The molecule has 0 heterocycles. The molecule has 0 bridgehead atoms. The Kier molecular flexibility index (Phi) is 4.70. The maximum absolute atomic E-state index is 12.1. The summed E-state index contributed by atoms with van der Waals surface area (Å²) in [7, 11) is 0. The van der Waals surface area contributed by atoms with Crippen molar-refractivity contribution in [3.63, 3.8) is 0 Å². The van der Waals surface area contributed by atoms with Crippen molar-refractivity contribution in [2.45, 2.75) is 39.5 Å². The minimum atomic E-state index is -0.0714. The van der Waals surface area contributed by atoms with Gasteiger partial charge in [0, 0.05) is 5.57 Å². The van der Waals surface area contributed by atoms with E-state index < -0.39 is 0 Å². The molecule has 2 rings (SSSR count). The number of hydrogen-bond acceptors (Lipinski definition) is 1. The van der Waals surface area contributed by atoms with Gasteiger partial charge in [0.25, 0.3) is 0 Å². The van der Waals surface area contributed by atoms with E-state index in [4.69, 9.17) is 6.42 Å². The Labute approximate surface area is 122 Å². The molecule has 0 aliphatic heterocycles. The van der Waals surface area contributed by atoms with Crippen molar-refractivity contribution in [2.75, 3.05) is 6.54 Å². The van der Waals surface area contributed by atoms with Crippen LogP contribution in [0.4, 0.5) is 0 Å². The van der Waals surface area contributed by atoms with E-state index in [1.165, 1.54) is 24.8 Å². The molecule has 0 unspecified atom stereocenters. The highest BCUT2D eigenvalue weighted by Crippen LogP contribution is 2.47. The summed E-state index contributed by atoms with van der Waals surface area (Å²) in [5.74, 6) is 4.59. The molecule has 0 spiro atoms. The Hall–Kier alpha value is -1.49. The van der Waals surface area contributed by atoms with Crippen LogP contribution in [0.3, 0.4) is 0 Å². The first kappa shape index (κ1) is 14.9. The zero-order valence-corrected chi connectivity index (χ0v) is 12.6. The second-order valence-corrected chi connectivity index (χ2v) is 6.37. The molecule has 2 aliphatic rings. The first-order valence-corrected chi connectivity index (χ1v) is 7.62. The van der Waals surface area contributed by atoms with Crippen LogP contribution in [-0.2, 0) is 4.79 Å². The molecule has 0 radical (unpaired) electrons. The number of allylic oxidation sites excluding steroid dienone is 2. The van der Waals surface area contributed by atoms with Crippen LogP contribution >= 0.6 is 0 Å². The van der Waals surface area contributed by atoms with Gasteiger partial charge in [0.15, 0.2) is 0 Å². The number of nitrogens with one attached hydrogen (secondary N) is 1. The van der Waals surface area contributed by atoms with Crippen LogP contribution < -0.4 is 5.32 Å². The van der Waals surface area contributed by atoms with E-state index in [2.05, 4.69) is 37.7 Å². The molecular weight excluding hydrogens is 246 g/mol. The van der Waals surface area contributed by atoms with Gasteiger partial charge in [-0.1, -0.05) is 31.1 Å². The largest absolute Gasteiger partial charge is 0.341 e. The summed E-state index contributed by atoms with van der Waals surface area (Å²) in [5, 5.41) is 2.75. The fourth-order valence-corrected chi connectivity index (χ4v) is 3.87. The maximum Gasteiger partial charge on any atom is 0.247 e. The Morgan fingerprint density at radius 2 is 2.25 bits per heavy atom. The van der Waals surface area contributed by atoms with Gasteiger partial charge >= 0.3 is 0 Å². The van der Waals surface area contributed by atoms with Gasteiger partial charge < -0.3 is 5.32 Å². The lowest BCUT2D eigenvalue weighted by Crippen LogP contribution is -2.39. The van der Waals surface area contributed by atoms with Crippen molar-refractivity contribution >= 4 is 5.91 Å². The molecule has 0 aromatic carbocycles. The average molecular weight is 271 g/mol. The molecule has 2 aliphatic carbocycles. The lowest BCUT2D eigenvalue weighted by molar-refractivity contribution is -0.118. The second-order valence-electron chi connectivity index (χ2n) is 6.37. The van der Waals surface area contributed by atoms with Gasteiger partial charge in [-0.25, -0.2) is 0 Å². The molecule has 4 atom stereocenters. The van der Waals surface area contributed by atoms with Crippen LogP contribution in [-0.4, -0.2) is 12.5 Å². The first-order valence-electron chi connectivity index (χ1n) is 7.62. The van der Waals surface area contributed by atoms with E-state index in [0.29, 0.717) is 17.4 Å². The quantitative estimate of drug-likeness (QED) is 0.476. The Morgan fingerprint density at radius 1 is 1.50 bits per heavy atom. The van der Waals surface area contributed by atoms with Gasteiger partial charge in [-0.2, -0.15) is 0 Å². The highest BCUT2D eigenvalue weighted by Gasteiger charge is 2.39. The fourth-order valence-electron chi connectivity index (χ4n) is 3.87. The number of carbonyl (C=O) groups is 1. The fraction of sp³-hybridized carbons (Fsp3) is 0.611. The van der Waals surface area contributed by atoms with Gasteiger partial charge in [-0.15, -0.1) is 6.42 Å². The standard InChI is InChI=1S/C18H25NO/c1-5-10-19-18(20)14(4)16-9-7-13(3)15-8-6-12(2)11-17(15)16/h1,11,13,15-17H,4,6-10H2,2-3H3,(H,19,20)/t13-,15+,16+,17+/m1/s1. The van der Waals surface area contributed by atoms with Crippen LogP contribution in [0.5, 0.6) is 0 Å². The number of carbonyl (C=O) groups excluding carboxylic acids is 1. The SMILES string of the molecule is C#CCNC(=O)C(=C)[C@@H]1CC[C@@H](C)[C@@H]2CCC(C)=C[C@@H]21. The number of terminal acetylenes is 1. The van der Waals surface area contributed by atoms with Gasteiger partial charge in [0.1, 0.15) is 0 Å². The number of fused-ring (bicyclic) bond motifs is 1. The van der Waals surface area contributed by atoms with E-state index in [1.807, 2.05) is 0 Å². The molecule has 0 saturated heterocycles. The van der Waals surface area contributed by atoms with Crippen molar-refractivity contribution in [3.05, 3.63) is 23.8 Å². The molecule has 108 valence electrons. The Balaban J connectivity index is 2.14. The summed E-state index contributed by atoms with van der Waals surface area (Å²) in [6.07, 6.45) is 12.3. The van der Waals surface area contributed by atoms with Crippen molar-refractivity contribution in [2.24, 2.45) is 23.7 Å². The third-order valence-electron chi connectivity index (χ3n) is 5.06. The molecule has 20 heavy (non-hydrogen) atoms. The Morgan fingerprint density at radius 3 is 2.95 bits per heavy atom. The maximum atomic E-state index is 12.1. The van der Waals surface area contributed by atoms with Crippen molar-refractivity contribution < 1.29 is 4.79 Å². The summed E-state index contributed by atoms with van der Waals surface area (Å²) in [6, 6.07) is 0. The highest BCUT2D eigenvalue weighted by molar-refractivity contribution is 5.93. The molecule has 1 saturated carbocycles. The lowest BCUT2D eigenvalue weighted by atomic mass is 9.61. The van der Waals surface area contributed by atoms with E-state index in [1.54, 1.807) is 0 Å². The third-order valence-corrected chi connectivity index (χ3v) is 5.06. The lowest BCUT2D eigenvalue weighted by Gasteiger charge is -2.44. The summed E-state index contributed by atoms with van der Waals surface area (Å²) in [5.41, 5.74) is 2.18. The normalized spacial score (nSPS) is 32.5. The number of amides is 1. The van der Waals surface area contributed by atoms with Gasteiger partial charge in [0.2, 0.25) is 5.91 Å². The van der Waals surface area contributed by atoms with E-state index in [-0.39, 0.29) is 18.4 Å².